The van der Waals surface area contributed by atoms with Crippen LogP contribution >= 0.6 is 11.3 Å². The fourth-order valence-electron chi connectivity index (χ4n) is 2.35. The molecule has 0 bridgehead atoms. The van der Waals surface area contributed by atoms with Crippen molar-refractivity contribution in [2.24, 2.45) is 0 Å². The number of hydrogen-bond acceptors (Lipinski definition) is 3. The van der Waals surface area contributed by atoms with Crippen LogP contribution in [0.2, 0.25) is 0 Å². The topological polar surface area (TPSA) is 37.6 Å². The summed E-state index contributed by atoms with van der Waals surface area (Å²) in [4.78, 5) is 17.9. The number of aromatic nitrogens is 2. The summed E-state index contributed by atoms with van der Waals surface area (Å²) >= 11 is 1.36. The summed E-state index contributed by atoms with van der Waals surface area (Å²) in [5.41, 5.74) is 2.34. The van der Waals surface area contributed by atoms with Crippen molar-refractivity contribution >= 4 is 22.2 Å². The zero-order valence-electron chi connectivity index (χ0n) is 12.7. The predicted octanol–water partition coefficient (Wildman–Crippen LogP) is 3.63. The average molecular weight is 353 g/mol. The Morgan fingerprint density at radius 1 is 1.29 bits per heavy atom. The Morgan fingerprint density at radius 3 is 2.67 bits per heavy atom. The van der Waals surface area contributed by atoms with Crippen LogP contribution in [0.15, 0.2) is 41.9 Å². The molecule has 0 aliphatic heterocycles. The smallest absolute Gasteiger partial charge is 0.336 e. The molecule has 4 nitrogen and oxygen atoms in total. The Bertz CT molecular complexity index is 854. The van der Waals surface area contributed by atoms with Crippen molar-refractivity contribution in [3.8, 4) is 11.3 Å². The summed E-state index contributed by atoms with van der Waals surface area (Å²) in [5.74, 6) is -0.581. The van der Waals surface area contributed by atoms with E-state index in [1.807, 2.05) is 30.3 Å². The molecule has 2 aromatic heterocycles. The van der Waals surface area contributed by atoms with Crippen LogP contribution in [0.25, 0.3) is 16.2 Å². The number of thiazole rings is 1. The van der Waals surface area contributed by atoms with E-state index >= 15 is 0 Å². The summed E-state index contributed by atoms with van der Waals surface area (Å²) < 4.78 is 38.9. The molecular formula is C16H14F3N3OS. The van der Waals surface area contributed by atoms with Crippen LogP contribution in [-0.4, -0.2) is 40.0 Å². The highest BCUT2D eigenvalue weighted by molar-refractivity contribution is 7.15. The van der Waals surface area contributed by atoms with E-state index in [1.54, 1.807) is 16.0 Å². The maximum atomic E-state index is 12.4. The standard InChI is InChI=1S/C16H14F3N3OS/c1-21(10-16(17,18)19)14(23)7-12-9-24-15-20-13(8-22(12)15)11-5-3-2-4-6-11/h2-6,8-9H,7,10H2,1H3. The minimum atomic E-state index is -4.40. The molecule has 1 aromatic carbocycles. The van der Waals surface area contributed by atoms with Gasteiger partial charge >= 0.3 is 6.18 Å². The number of imidazole rings is 1. The zero-order valence-corrected chi connectivity index (χ0v) is 13.6. The molecule has 3 aromatic rings. The largest absolute Gasteiger partial charge is 0.406 e. The summed E-state index contributed by atoms with van der Waals surface area (Å²) in [7, 11) is 1.16. The molecule has 0 fully saturated rings. The minimum Gasteiger partial charge on any atom is -0.336 e. The molecule has 126 valence electrons. The van der Waals surface area contributed by atoms with E-state index in [0.29, 0.717) is 15.6 Å². The van der Waals surface area contributed by atoms with E-state index in [2.05, 4.69) is 4.98 Å². The molecule has 1 amide bonds. The quantitative estimate of drug-likeness (QED) is 0.718. The lowest BCUT2D eigenvalue weighted by Gasteiger charge is -2.18. The van der Waals surface area contributed by atoms with Crippen molar-refractivity contribution in [2.45, 2.75) is 12.6 Å². The maximum Gasteiger partial charge on any atom is 0.406 e. The first-order chi connectivity index (χ1) is 11.3. The van der Waals surface area contributed by atoms with E-state index < -0.39 is 18.6 Å². The number of rotatable bonds is 4. The lowest BCUT2D eigenvalue weighted by molar-refractivity contribution is -0.158. The molecular weight excluding hydrogens is 339 g/mol. The van der Waals surface area contributed by atoms with Crippen LogP contribution in [0.3, 0.4) is 0 Å². The number of halogens is 3. The van der Waals surface area contributed by atoms with E-state index in [9.17, 15) is 18.0 Å². The number of likely N-dealkylation sites (N-methyl/N-ethyl adjacent to an activating group) is 1. The summed E-state index contributed by atoms with van der Waals surface area (Å²) in [6.45, 7) is -1.25. The molecule has 0 aliphatic rings. The first-order valence-corrected chi connectivity index (χ1v) is 8.03. The van der Waals surface area contributed by atoms with Crippen LogP contribution in [0, 0.1) is 0 Å². The van der Waals surface area contributed by atoms with Crippen molar-refractivity contribution in [1.29, 1.82) is 0 Å². The second-order valence-electron chi connectivity index (χ2n) is 5.41. The Labute approximate surface area is 140 Å². The highest BCUT2D eigenvalue weighted by Crippen LogP contribution is 2.24. The van der Waals surface area contributed by atoms with Crippen molar-refractivity contribution in [3.05, 3.63) is 47.6 Å². The second-order valence-corrected chi connectivity index (χ2v) is 6.25. The number of carbonyl (C=O) groups is 1. The van der Waals surface area contributed by atoms with Crippen LogP contribution in [0.4, 0.5) is 13.2 Å². The van der Waals surface area contributed by atoms with Crippen molar-refractivity contribution < 1.29 is 18.0 Å². The van der Waals surface area contributed by atoms with Gasteiger partial charge in [-0.25, -0.2) is 4.98 Å². The van der Waals surface area contributed by atoms with Gasteiger partial charge in [-0.3, -0.25) is 9.20 Å². The van der Waals surface area contributed by atoms with E-state index in [-0.39, 0.29) is 6.42 Å². The van der Waals surface area contributed by atoms with Crippen molar-refractivity contribution in [1.82, 2.24) is 14.3 Å². The van der Waals surface area contributed by atoms with Gasteiger partial charge in [0.05, 0.1) is 12.1 Å². The van der Waals surface area contributed by atoms with Crippen LogP contribution in [0.5, 0.6) is 0 Å². The van der Waals surface area contributed by atoms with Gasteiger partial charge in [-0.1, -0.05) is 30.3 Å². The fourth-order valence-corrected chi connectivity index (χ4v) is 3.22. The molecule has 0 aliphatic carbocycles. The number of hydrogen-bond donors (Lipinski definition) is 0. The first-order valence-electron chi connectivity index (χ1n) is 7.15. The number of amides is 1. The molecule has 0 unspecified atom stereocenters. The minimum absolute atomic E-state index is 0.100. The number of carbonyl (C=O) groups excluding carboxylic acids is 1. The normalized spacial score (nSPS) is 11.8. The third-order valence-corrected chi connectivity index (χ3v) is 4.42. The molecule has 0 spiro atoms. The highest BCUT2D eigenvalue weighted by Gasteiger charge is 2.31. The molecule has 0 atom stereocenters. The van der Waals surface area contributed by atoms with Crippen LogP contribution < -0.4 is 0 Å². The van der Waals surface area contributed by atoms with Gasteiger partial charge in [-0.15, -0.1) is 11.3 Å². The summed E-state index contributed by atoms with van der Waals surface area (Å²) in [5, 5.41) is 1.75. The van der Waals surface area contributed by atoms with Crippen molar-refractivity contribution in [3.63, 3.8) is 0 Å². The maximum absolute atomic E-state index is 12.4. The number of benzene rings is 1. The molecule has 0 saturated heterocycles. The third-order valence-electron chi connectivity index (χ3n) is 3.53. The Kier molecular flexibility index (Phi) is 4.31. The number of nitrogens with zero attached hydrogens (tertiary/aromatic N) is 3. The predicted molar refractivity (Wildman–Crippen MR) is 85.9 cm³/mol. The van der Waals surface area contributed by atoms with Gasteiger partial charge in [0.25, 0.3) is 0 Å². The SMILES string of the molecule is CN(CC(F)(F)F)C(=O)Cc1csc2nc(-c3ccccc3)cn12. The second kappa shape index (κ2) is 6.27. The lowest BCUT2D eigenvalue weighted by atomic mass is 10.2. The van der Waals surface area contributed by atoms with E-state index in [0.717, 1.165) is 18.3 Å². The van der Waals surface area contributed by atoms with Crippen LogP contribution in [-0.2, 0) is 11.2 Å². The third kappa shape index (κ3) is 3.59. The van der Waals surface area contributed by atoms with Gasteiger partial charge in [0.15, 0.2) is 4.96 Å². The van der Waals surface area contributed by atoms with Crippen molar-refractivity contribution in [2.75, 3.05) is 13.6 Å². The van der Waals surface area contributed by atoms with Gasteiger partial charge in [0.2, 0.25) is 5.91 Å². The number of alkyl halides is 3. The molecule has 3 rings (SSSR count). The highest BCUT2D eigenvalue weighted by atomic mass is 32.1. The molecule has 2 heterocycles. The monoisotopic (exact) mass is 353 g/mol. The lowest BCUT2D eigenvalue weighted by Crippen LogP contribution is -2.36. The summed E-state index contributed by atoms with van der Waals surface area (Å²) in [6.07, 6.45) is -2.70. The zero-order chi connectivity index (χ0) is 17.3. The van der Waals surface area contributed by atoms with Gasteiger partial charge < -0.3 is 4.90 Å². The molecule has 24 heavy (non-hydrogen) atoms. The Morgan fingerprint density at radius 2 is 2.00 bits per heavy atom. The van der Waals surface area contributed by atoms with Gasteiger partial charge in [0.1, 0.15) is 6.54 Å². The van der Waals surface area contributed by atoms with Gasteiger partial charge in [0, 0.05) is 29.9 Å². The van der Waals surface area contributed by atoms with E-state index in [4.69, 9.17) is 0 Å². The molecule has 0 saturated carbocycles. The average Bonchev–Trinajstić information content (AvgIpc) is 3.08. The van der Waals surface area contributed by atoms with Crippen LogP contribution in [0.1, 0.15) is 5.69 Å². The fraction of sp³-hybridized carbons (Fsp3) is 0.250. The molecule has 0 N–H and O–H groups in total. The van der Waals surface area contributed by atoms with Gasteiger partial charge in [-0.05, 0) is 0 Å². The van der Waals surface area contributed by atoms with E-state index in [1.165, 1.54) is 11.3 Å². The molecule has 0 radical (unpaired) electrons. The Hall–Kier alpha value is -2.35. The van der Waals surface area contributed by atoms with Gasteiger partial charge in [-0.2, -0.15) is 13.2 Å². The summed E-state index contributed by atoms with van der Waals surface area (Å²) in [6, 6.07) is 9.56. The first kappa shape index (κ1) is 16.5. The Balaban J connectivity index is 1.81. The molecule has 8 heteroatoms. The number of fused-ring (bicyclic) bond motifs is 1.